The van der Waals surface area contributed by atoms with Gasteiger partial charge in [-0.05, 0) is 6.92 Å². The number of carboxylic acids is 1. The molecule has 0 atom stereocenters. The lowest BCUT2D eigenvalue weighted by Gasteiger charge is -2.16. The van der Waals surface area contributed by atoms with Crippen LogP contribution in [0.15, 0.2) is 6.20 Å². The monoisotopic (exact) mass is 255 g/mol. The molecule has 1 aromatic rings. The van der Waals surface area contributed by atoms with Gasteiger partial charge in [0.25, 0.3) is 5.91 Å². The van der Waals surface area contributed by atoms with Crippen molar-refractivity contribution in [1.82, 2.24) is 19.9 Å². The van der Waals surface area contributed by atoms with E-state index in [9.17, 15) is 14.4 Å². The Bertz CT molecular complexity index is 469. The van der Waals surface area contributed by atoms with Gasteiger partial charge in [-0.1, -0.05) is 5.21 Å². The molecule has 0 unspecified atom stereocenters. The van der Waals surface area contributed by atoms with E-state index in [2.05, 4.69) is 10.3 Å². The van der Waals surface area contributed by atoms with Crippen LogP contribution < -0.4 is 5.73 Å². The normalized spacial score (nSPS) is 10.1. The molecule has 2 amide bonds. The minimum absolute atomic E-state index is 0.0284. The molecule has 0 fully saturated rings. The van der Waals surface area contributed by atoms with Crippen molar-refractivity contribution < 1.29 is 19.5 Å². The van der Waals surface area contributed by atoms with E-state index in [0.29, 0.717) is 0 Å². The highest BCUT2D eigenvalue weighted by Crippen LogP contribution is 2.00. The number of likely N-dealkylation sites (N-methyl/N-ethyl adjacent to an activating group) is 1. The predicted molar refractivity (Wildman–Crippen MR) is 58.4 cm³/mol. The second-order valence-electron chi connectivity index (χ2n) is 3.48. The Kier molecular flexibility index (Phi) is 4.35. The Balaban J connectivity index is 2.79. The van der Waals surface area contributed by atoms with Crippen molar-refractivity contribution in [1.29, 1.82) is 0 Å². The standard InChI is InChI=1S/C9H13N5O4/c1-2-13(4-7(10)15)9(18)6-3-14(12-11-6)5-8(16)17/h3H,2,4-5H2,1H3,(H2,10,15)(H,16,17). The number of carbonyl (C=O) groups excluding carboxylic acids is 2. The molecule has 0 spiro atoms. The smallest absolute Gasteiger partial charge is 0.325 e. The summed E-state index contributed by atoms with van der Waals surface area (Å²) in [5.74, 6) is -2.25. The maximum absolute atomic E-state index is 11.9. The van der Waals surface area contributed by atoms with Crippen molar-refractivity contribution in [3.8, 4) is 0 Å². The first-order valence-electron chi connectivity index (χ1n) is 5.13. The first kappa shape index (κ1) is 13.6. The van der Waals surface area contributed by atoms with E-state index >= 15 is 0 Å². The third-order valence-corrected chi connectivity index (χ3v) is 2.07. The van der Waals surface area contributed by atoms with Gasteiger partial charge < -0.3 is 15.7 Å². The molecule has 1 rings (SSSR count). The van der Waals surface area contributed by atoms with Crippen LogP contribution in [0.1, 0.15) is 17.4 Å². The number of aliphatic carboxylic acids is 1. The molecule has 0 aromatic carbocycles. The third-order valence-electron chi connectivity index (χ3n) is 2.07. The van der Waals surface area contributed by atoms with Crippen LogP contribution in [0.5, 0.6) is 0 Å². The number of hydrogen-bond donors (Lipinski definition) is 2. The molecule has 1 heterocycles. The predicted octanol–water partition coefficient (Wildman–Crippen LogP) is -1.69. The van der Waals surface area contributed by atoms with E-state index in [1.165, 1.54) is 11.1 Å². The lowest BCUT2D eigenvalue weighted by atomic mass is 10.3. The van der Waals surface area contributed by atoms with Gasteiger partial charge in [-0.15, -0.1) is 5.10 Å². The summed E-state index contributed by atoms with van der Waals surface area (Å²) >= 11 is 0. The van der Waals surface area contributed by atoms with Gasteiger partial charge in [-0.2, -0.15) is 0 Å². The quantitative estimate of drug-likeness (QED) is 0.623. The average Bonchev–Trinajstić information content (AvgIpc) is 2.72. The second-order valence-corrected chi connectivity index (χ2v) is 3.48. The van der Waals surface area contributed by atoms with Gasteiger partial charge in [0.15, 0.2) is 5.69 Å². The van der Waals surface area contributed by atoms with E-state index in [-0.39, 0.29) is 25.3 Å². The van der Waals surface area contributed by atoms with Crippen molar-refractivity contribution in [2.24, 2.45) is 5.73 Å². The molecule has 1 aromatic heterocycles. The van der Waals surface area contributed by atoms with Gasteiger partial charge in [0, 0.05) is 6.54 Å². The number of rotatable bonds is 6. The molecule has 0 saturated carbocycles. The zero-order valence-corrected chi connectivity index (χ0v) is 9.74. The molecule has 18 heavy (non-hydrogen) atoms. The van der Waals surface area contributed by atoms with E-state index < -0.39 is 17.8 Å². The van der Waals surface area contributed by atoms with Gasteiger partial charge in [-0.3, -0.25) is 14.4 Å². The summed E-state index contributed by atoms with van der Waals surface area (Å²) < 4.78 is 1.02. The summed E-state index contributed by atoms with van der Waals surface area (Å²) in [6.45, 7) is 1.36. The fourth-order valence-electron chi connectivity index (χ4n) is 1.29. The van der Waals surface area contributed by atoms with Gasteiger partial charge in [0.1, 0.15) is 6.54 Å². The molecular formula is C9H13N5O4. The van der Waals surface area contributed by atoms with Crippen LogP contribution in [-0.2, 0) is 16.1 Å². The first-order valence-corrected chi connectivity index (χ1v) is 5.13. The van der Waals surface area contributed by atoms with Crippen LogP contribution in [0.4, 0.5) is 0 Å². The Morgan fingerprint density at radius 3 is 2.67 bits per heavy atom. The number of carboxylic acid groups (broad SMARTS) is 1. The molecule has 0 bridgehead atoms. The summed E-state index contributed by atoms with van der Waals surface area (Å²) in [5, 5.41) is 15.6. The van der Waals surface area contributed by atoms with Crippen LogP contribution in [0.3, 0.4) is 0 Å². The highest BCUT2D eigenvalue weighted by molar-refractivity contribution is 5.94. The van der Waals surface area contributed by atoms with Gasteiger partial charge in [-0.25, -0.2) is 4.68 Å². The summed E-state index contributed by atoms with van der Waals surface area (Å²) in [7, 11) is 0. The number of primary amides is 1. The van der Waals surface area contributed by atoms with Gasteiger partial charge >= 0.3 is 5.97 Å². The Hall–Kier alpha value is -2.45. The van der Waals surface area contributed by atoms with Crippen molar-refractivity contribution >= 4 is 17.8 Å². The molecule has 9 heteroatoms. The molecule has 0 saturated heterocycles. The minimum Gasteiger partial charge on any atom is -0.480 e. The number of amides is 2. The van der Waals surface area contributed by atoms with Gasteiger partial charge in [0.05, 0.1) is 12.7 Å². The zero-order chi connectivity index (χ0) is 13.7. The highest BCUT2D eigenvalue weighted by atomic mass is 16.4. The largest absolute Gasteiger partial charge is 0.480 e. The van der Waals surface area contributed by atoms with Crippen molar-refractivity contribution in [2.75, 3.05) is 13.1 Å². The lowest BCUT2D eigenvalue weighted by Crippen LogP contribution is -2.38. The maximum atomic E-state index is 11.9. The van der Waals surface area contributed by atoms with Crippen LogP contribution in [0.25, 0.3) is 0 Å². The van der Waals surface area contributed by atoms with Crippen LogP contribution in [-0.4, -0.2) is 55.9 Å². The molecule has 9 nitrogen and oxygen atoms in total. The average molecular weight is 255 g/mol. The first-order chi connectivity index (χ1) is 8.43. The molecule has 0 aliphatic heterocycles. The van der Waals surface area contributed by atoms with Crippen LogP contribution in [0.2, 0.25) is 0 Å². The Morgan fingerprint density at radius 2 is 2.17 bits per heavy atom. The summed E-state index contributed by atoms with van der Waals surface area (Å²) in [5.41, 5.74) is 4.98. The fraction of sp³-hybridized carbons (Fsp3) is 0.444. The number of carbonyl (C=O) groups is 3. The molecule has 0 aliphatic carbocycles. The Morgan fingerprint density at radius 1 is 1.50 bits per heavy atom. The van der Waals surface area contributed by atoms with E-state index in [0.717, 1.165) is 4.68 Å². The minimum atomic E-state index is -1.09. The summed E-state index contributed by atoms with van der Waals surface area (Å²) in [4.78, 5) is 34.3. The molecular weight excluding hydrogens is 242 g/mol. The number of nitrogens with two attached hydrogens (primary N) is 1. The molecule has 0 radical (unpaired) electrons. The number of hydrogen-bond acceptors (Lipinski definition) is 5. The molecule has 0 aliphatic rings. The lowest BCUT2D eigenvalue weighted by molar-refractivity contribution is -0.137. The topological polar surface area (TPSA) is 131 Å². The van der Waals surface area contributed by atoms with Crippen LogP contribution in [0, 0.1) is 0 Å². The van der Waals surface area contributed by atoms with Crippen molar-refractivity contribution in [2.45, 2.75) is 13.5 Å². The maximum Gasteiger partial charge on any atom is 0.325 e. The molecule has 98 valence electrons. The summed E-state index contributed by atoms with van der Waals surface area (Å²) in [6, 6.07) is 0. The fourth-order valence-corrected chi connectivity index (χ4v) is 1.29. The zero-order valence-electron chi connectivity index (χ0n) is 9.74. The van der Waals surface area contributed by atoms with E-state index in [1.54, 1.807) is 6.92 Å². The highest BCUT2D eigenvalue weighted by Gasteiger charge is 2.19. The number of aromatic nitrogens is 3. The van der Waals surface area contributed by atoms with Crippen molar-refractivity contribution in [3.63, 3.8) is 0 Å². The third kappa shape index (κ3) is 3.54. The van der Waals surface area contributed by atoms with Crippen molar-refractivity contribution in [3.05, 3.63) is 11.9 Å². The van der Waals surface area contributed by atoms with E-state index in [4.69, 9.17) is 10.8 Å². The van der Waals surface area contributed by atoms with E-state index in [1.807, 2.05) is 0 Å². The number of nitrogens with zero attached hydrogens (tertiary/aromatic N) is 4. The SMILES string of the molecule is CCN(CC(N)=O)C(=O)c1cn(CC(=O)O)nn1. The molecule has 3 N–H and O–H groups in total. The van der Waals surface area contributed by atoms with Gasteiger partial charge in [0.2, 0.25) is 5.91 Å². The second kappa shape index (κ2) is 5.75. The summed E-state index contributed by atoms with van der Waals surface area (Å²) in [6.07, 6.45) is 1.21. The van der Waals surface area contributed by atoms with Crippen LogP contribution >= 0.6 is 0 Å². The Labute approximate surface area is 102 Å².